The number of rotatable bonds is 4. The largest absolute Gasteiger partial charge is 1.00 e. The maximum Gasteiger partial charge on any atom is 1.00 e. The number of thioether (sulfide) groups is 1. The predicted molar refractivity (Wildman–Crippen MR) is 65.6 cm³/mol. The van der Waals surface area contributed by atoms with Gasteiger partial charge in [-0.1, -0.05) is 0 Å². The van der Waals surface area contributed by atoms with E-state index in [9.17, 15) is 0 Å². The standard InChI is InChI=1S/C14H12S.2Li/c1-3-7-13(8-4-1)11-15-12-14-9-5-2-6-10-14;;/h1-7,9H,11-12H2;;/q-2;2*+1. The average Bonchev–Trinajstić information content (AvgIpc) is 2.32. The van der Waals surface area contributed by atoms with E-state index in [1.165, 1.54) is 11.1 Å². The van der Waals surface area contributed by atoms with Gasteiger partial charge in [-0.3, -0.25) is 0 Å². The van der Waals surface area contributed by atoms with Gasteiger partial charge in [-0.15, -0.1) is 0 Å². The normalized spacial score (nSPS) is 8.94. The molecule has 0 spiro atoms. The van der Waals surface area contributed by atoms with Gasteiger partial charge in [0, 0.05) is 0 Å². The molecule has 0 saturated heterocycles. The SMILES string of the molecule is [Li+].[Li+].[c-]1ccccc1CSCc1[c-]cccc1. The van der Waals surface area contributed by atoms with Crippen LogP contribution in [0, 0.1) is 12.1 Å². The van der Waals surface area contributed by atoms with Crippen molar-refractivity contribution in [3.8, 4) is 0 Å². The van der Waals surface area contributed by atoms with Crippen molar-refractivity contribution >= 4 is 11.8 Å². The molecule has 0 atom stereocenters. The maximum atomic E-state index is 3.22. The summed E-state index contributed by atoms with van der Waals surface area (Å²) in [4.78, 5) is 0. The summed E-state index contributed by atoms with van der Waals surface area (Å²) in [5.41, 5.74) is 2.52. The number of benzene rings is 2. The third-order valence-electron chi connectivity index (χ3n) is 2.06. The van der Waals surface area contributed by atoms with Gasteiger partial charge in [0.1, 0.15) is 0 Å². The maximum absolute atomic E-state index is 3.22. The molecule has 0 aliphatic heterocycles. The Bertz CT molecular complexity index is 350. The molecule has 17 heavy (non-hydrogen) atoms. The van der Waals surface area contributed by atoms with Crippen LogP contribution in [0.25, 0.3) is 0 Å². The van der Waals surface area contributed by atoms with E-state index in [0.29, 0.717) is 0 Å². The fourth-order valence-electron chi connectivity index (χ4n) is 1.31. The molecule has 0 N–H and O–H groups in total. The average molecular weight is 226 g/mol. The van der Waals surface area contributed by atoms with Crippen molar-refractivity contribution in [2.45, 2.75) is 11.5 Å². The summed E-state index contributed by atoms with van der Waals surface area (Å²) in [7, 11) is 0. The second-order valence-corrected chi connectivity index (χ2v) is 4.25. The van der Waals surface area contributed by atoms with Crippen LogP contribution in [0.4, 0.5) is 0 Å². The molecule has 2 rings (SSSR count). The van der Waals surface area contributed by atoms with Crippen LogP contribution in [0.15, 0.2) is 48.5 Å². The summed E-state index contributed by atoms with van der Waals surface area (Å²) in [5, 5.41) is 0. The molecular weight excluding hydrogens is 214 g/mol. The van der Waals surface area contributed by atoms with Crippen LogP contribution in [-0.4, -0.2) is 0 Å². The predicted octanol–water partition coefficient (Wildman–Crippen LogP) is -2.27. The van der Waals surface area contributed by atoms with Gasteiger partial charge < -0.3 is 0 Å². The van der Waals surface area contributed by atoms with Gasteiger partial charge in [0.15, 0.2) is 0 Å². The molecule has 0 nitrogen and oxygen atoms in total. The van der Waals surface area contributed by atoms with Crippen molar-refractivity contribution in [2.24, 2.45) is 0 Å². The zero-order valence-corrected chi connectivity index (χ0v) is 11.3. The fourth-order valence-corrected chi connectivity index (χ4v) is 2.21. The molecule has 0 saturated carbocycles. The van der Waals surface area contributed by atoms with Gasteiger partial charge in [-0.05, 0) is 11.5 Å². The van der Waals surface area contributed by atoms with Gasteiger partial charge in [0.25, 0.3) is 0 Å². The Hall–Kier alpha value is -0.0152. The van der Waals surface area contributed by atoms with Crippen LogP contribution in [0.1, 0.15) is 11.1 Å². The molecule has 0 aliphatic carbocycles. The second-order valence-electron chi connectivity index (χ2n) is 3.27. The van der Waals surface area contributed by atoms with E-state index in [1.54, 1.807) is 0 Å². The molecule has 3 heteroatoms. The monoisotopic (exact) mass is 226 g/mol. The molecule has 76 valence electrons. The quantitative estimate of drug-likeness (QED) is 0.418. The Labute approximate surface area is 132 Å². The van der Waals surface area contributed by atoms with Gasteiger partial charge in [-0.2, -0.15) is 83.6 Å². The van der Waals surface area contributed by atoms with Gasteiger partial charge in [0.05, 0.1) is 0 Å². The summed E-state index contributed by atoms with van der Waals surface area (Å²) >= 11 is 1.90. The summed E-state index contributed by atoms with van der Waals surface area (Å²) in [6.07, 6.45) is 0. The molecule has 0 radical (unpaired) electrons. The van der Waals surface area contributed by atoms with E-state index in [-0.39, 0.29) is 37.7 Å². The molecule has 2 aromatic carbocycles. The van der Waals surface area contributed by atoms with Crippen LogP contribution in [0.2, 0.25) is 0 Å². The van der Waals surface area contributed by atoms with Gasteiger partial charge in [0.2, 0.25) is 0 Å². The van der Waals surface area contributed by atoms with E-state index in [0.717, 1.165) is 11.5 Å². The summed E-state index contributed by atoms with van der Waals surface area (Å²) in [6, 6.07) is 22.7. The van der Waals surface area contributed by atoms with E-state index in [2.05, 4.69) is 36.4 Å². The van der Waals surface area contributed by atoms with E-state index < -0.39 is 0 Å². The first-order chi connectivity index (χ1) is 7.45. The minimum atomic E-state index is 0. The zero-order chi connectivity index (χ0) is 10.3. The molecule has 0 fully saturated rings. The second kappa shape index (κ2) is 9.96. The Kier molecular flexibility index (Phi) is 9.95. The van der Waals surface area contributed by atoms with Crippen molar-refractivity contribution in [3.63, 3.8) is 0 Å². The number of hydrogen-bond acceptors (Lipinski definition) is 1. The molecule has 0 aromatic heterocycles. The minimum Gasteiger partial charge on any atom is -0.180 e. The minimum absolute atomic E-state index is 0. The Morgan fingerprint density at radius 3 is 1.59 bits per heavy atom. The van der Waals surface area contributed by atoms with Crippen LogP contribution >= 0.6 is 11.8 Å². The molecule has 0 heterocycles. The van der Waals surface area contributed by atoms with Gasteiger partial charge in [-0.25, -0.2) is 0 Å². The molecule has 0 amide bonds. The van der Waals surface area contributed by atoms with E-state index in [1.807, 2.05) is 36.0 Å². The summed E-state index contributed by atoms with van der Waals surface area (Å²) in [5.74, 6) is 2.03. The van der Waals surface area contributed by atoms with Crippen LogP contribution < -0.4 is 37.7 Å². The van der Waals surface area contributed by atoms with Crippen LogP contribution in [0.5, 0.6) is 0 Å². The van der Waals surface area contributed by atoms with Crippen LogP contribution in [-0.2, 0) is 11.5 Å². The molecule has 0 unspecified atom stereocenters. The van der Waals surface area contributed by atoms with E-state index >= 15 is 0 Å². The zero-order valence-electron chi connectivity index (χ0n) is 10.4. The topological polar surface area (TPSA) is 0 Å². The Morgan fingerprint density at radius 1 is 0.765 bits per heavy atom. The first kappa shape index (κ1) is 17.0. The first-order valence-corrected chi connectivity index (χ1v) is 6.09. The summed E-state index contributed by atoms with van der Waals surface area (Å²) < 4.78 is 0. The molecule has 0 aliphatic rings. The Morgan fingerprint density at radius 2 is 1.24 bits per heavy atom. The van der Waals surface area contributed by atoms with Gasteiger partial charge >= 0.3 is 37.7 Å². The van der Waals surface area contributed by atoms with Crippen molar-refractivity contribution in [2.75, 3.05) is 0 Å². The molecule has 2 aromatic rings. The van der Waals surface area contributed by atoms with Crippen LogP contribution in [0.3, 0.4) is 0 Å². The molecular formula is C14H12Li2S. The third-order valence-corrected chi connectivity index (χ3v) is 3.09. The van der Waals surface area contributed by atoms with Crippen molar-refractivity contribution < 1.29 is 37.7 Å². The first-order valence-electron chi connectivity index (χ1n) is 4.94. The smallest absolute Gasteiger partial charge is 0.180 e. The Balaban J connectivity index is 0.00000128. The van der Waals surface area contributed by atoms with E-state index in [4.69, 9.17) is 0 Å². The molecule has 0 bridgehead atoms. The summed E-state index contributed by atoms with van der Waals surface area (Å²) in [6.45, 7) is 0. The third kappa shape index (κ3) is 6.47. The van der Waals surface area contributed by atoms with Crippen molar-refractivity contribution in [3.05, 3.63) is 71.8 Å². The number of hydrogen-bond donors (Lipinski definition) is 0. The fraction of sp³-hybridized carbons (Fsp3) is 0.143. The van der Waals surface area contributed by atoms with Crippen molar-refractivity contribution in [1.29, 1.82) is 0 Å². The van der Waals surface area contributed by atoms with Crippen molar-refractivity contribution in [1.82, 2.24) is 0 Å².